The van der Waals surface area contributed by atoms with Gasteiger partial charge in [0.2, 0.25) is 0 Å². The maximum Gasteiger partial charge on any atom is 0.0640 e. The molecule has 0 aliphatic heterocycles. The average Bonchev–Trinajstić information content (AvgIpc) is 2.57. The van der Waals surface area contributed by atoms with Crippen molar-refractivity contribution in [3.63, 3.8) is 0 Å². The maximum absolute atomic E-state index is 8.88. The fourth-order valence-corrected chi connectivity index (χ4v) is 2.96. The third-order valence-corrected chi connectivity index (χ3v) is 4.29. The van der Waals surface area contributed by atoms with Crippen LogP contribution in [0.4, 0.5) is 5.69 Å². The van der Waals surface area contributed by atoms with Crippen molar-refractivity contribution in [1.29, 1.82) is 5.26 Å². The summed E-state index contributed by atoms with van der Waals surface area (Å²) in [6, 6.07) is 23.1. The summed E-state index contributed by atoms with van der Waals surface area (Å²) < 4.78 is 0. The van der Waals surface area contributed by atoms with E-state index in [-0.39, 0.29) is 0 Å². The van der Waals surface area contributed by atoms with E-state index in [4.69, 9.17) is 5.26 Å². The van der Waals surface area contributed by atoms with Crippen LogP contribution >= 0.6 is 15.9 Å². The molecule has 0 fully saturated rings. The van der Waals surface area contributed by atoms with Crippen molar-refractivity contribution >= 4 is 21.6 Å². The Hall–Kier alpha value is -1.79. The van der Waals surface area contributed by atoms with E-state index in [2.05, 4.69) is 63.3 Å². The smallest absolute Gasteiger partial charge is 0.0640 e. The molecule has 1 unspecified atom stereocenters. The molecular weight excluding hydrogens is 324 g/mol. The zero-order valence-corrected chi connectivity index (χ0v) is 13.5. The lowest BCUT2D eigenvalue weighted by atomic mass is 10.0. The quantitative estimate of drug-likeness (QED) is 0.688. The van der Waals surface area contributed by atoms with Gasteiger partial charge >= 0.3 is 0 Å². The van der Waals surface area contributed by atoms with Crippen molar-refractivity contribution in [2.45, 2.75) is 12.3 Å². The monoisotopic (exact) mass is 342 g/mol. The second-order valence-corrected chi connectivity index (χ2v) is 5.60. The Morgan fingerprint density at radius 2 is 1.62 bits per heavy atom. The minimum atomic E-state index is 0.407. The number of para-hydroxylation sites is 1. The molecule has 0 aliphatic rings. The van der Waals surface area contributed by atoms with E-state index in [1.54, 1.807) is 0 Å². The molecule has 2 nitrogen and oxygen atoms in total. The lowest BCUT2D eigenvalue weighted by molar-refractivity contribution is 0.699. The second kappa shape index (κ2) is 8.49. The third kappa shape index (κ3) is 4.61. The van der Waals surface area contributed by atoms with Crippen molar-refractivity contribution in [3.05, 3.63) is 66.2 Å². The zero-order valence-electron chi connectivity index (χ0n) is 12.0. The summed E-state index contributed by atoms with van der Waals surface area (Å²) in [5.74, 6) is 0.407. The SMILES string of the molecule is N#CCCN(CC(CBr)c1ccccc1)c1ccccc1. The Balaban J connectivity index is 2.15. The number of halogens is 1. The standard InChI is InChI=1S/C18H19BrN2/c19-14-17(16-8-3-1-4-9-16)15-21(13-7-12-20)18-10-5-2-6-11-18/h1-6,8-11,17H,7,13-15H2. The first kappa shape index (κ1) is 15.6. The van der Waals surface area contributed by atoms with Gasteiger partial charge in [-0.15, -0.1) is 0 Å². The van der Waals surface area contributed by atoms with E-state index in [0.29, 0.717) is 12.3 Å². The molecule has 2 aromatic carbocycles. The van der Waals surface area contributed by atoms with Gasteiger partial charge in [-0.1, -0.05) is 64.5 Å². The number of anilines is 1. The van der Waals surface area contributed by atoms with Gasteiger partial charge in [0.15, 0.2) is 0 Å². The van der Waals surface area contributed by atoms with Crippen molar-refractivity contribution in [3.8, 4) is 6.07 Å². The molecule has 21 heavy (non-hydrogen) atoms. The highest BCUT2D eigenvalue weighted by molar-refractivity contribution is 9.09. The normalized spacial score (nSPS) is 11.6. The van der Waals surface area contributed by atoms with E-state index >= 15 is 0 Å². The summed E-state index contributed by atoms with van der Waals surface area (Å²) in [4.78, 5) is 2.29. The molecule has 2 rings (SSSR count). The van der Waals surface area contributed by atoms with Crippen LogP contribution in [0.5, 0.6) is 0 Å². The number of benzene rings is 2. The van der Waals surface area contributed by atoms with Crippen LogP contribution in [-0.2, 0) is 0 Å². The van der Waals surface area contributed by atoms with Gasteiger partial charge in [0.25, 0.3) is 0 Å². The molecule has 0 amide bonds. The lowest BCUT2D eigenvalue weighted by Crippen LogP contribution is -2.30. The predicted molar refractivity (Wildman–Crippen MR) is 91.9 cm³/mol. The van der Waals surface area contributed by atoms with Gasteiger partial charge < -0.3 is 4.90 Å². The molecule has 0 radical (unpaired) electrons. The molecule has 0 saturated heterocycles. The number of hydrogen-bond acceptors (Lipinski definition) is 2. The fourth-order valence-electron chi connectivity index (χ4n) is 2.38. The molecule has 0 aliphatic carbocycles. The average molecular weight is 343 g/mol. The van der Waals surface area contributed by atoms with Gasteiger partial charge in [0, 0.05) is 30.0 Å². The van der Waals surface area contributed by atoms with Gasteiger partial charge in [-0.3, -0.25) is 0 Å². The first-order valence-electron chi connectivity index (χ1n) is 7.13. The summed E-state index contributed by atoms with van der Waals surface area (Å²) in [5, 5.41) is 9.79. The molecule has 108 valence electrons. The Labute approximate surface area is 135 Å². The Morgan fingerprint density at radius 1 is 1.00 bits per heavy atom. The van der Waals surface area contributed by atoms with Crippen LogP contribution in [-0.4, -0.2) is 18.4 Å². The van der Waals surface area contributed by atoms with Gasteiger partial charge in [-0.05, 0) is 17.7 Å². The van der Waals surface area contributed by atoms with Crippen molar-refractivity contribution in [2.75, 3.05) is 23.3 Å². The molecule has 0 aromatic heterocycles. The van der Waals surface area contributed by atoms with Gasteiger partial charge in [0.05, 0.1) is 12.5 Å². The van der Waals surface area contributed by atoms with Crippen molar-refractivity contribution in [2.24, 2.45) is 0 Å². The van der Waals surface area contributed by atoms with Crippen LogP contribution < -0.4 is 4.90 Å². The van der Waals surface area contributed by atoms with Crippen LogP contribution in [0.1, 0.15) is 17.9 Å². The van der Waals surface area contributed by atoms with E-state index in [1.165, 1.54) is 11.3 Å². The van der Waals surface area contributed by atoms with Gasteiger partial charge in [-0.25, -0.2) is 0 Å². The van der Waals surface area contributed by atoms with E-state index in [0.717, 1.165) is 18.4 Å². The van der Waals surface area contributed by atoms with E-state index in [9.17, 15) is 0 Å². The van der Waals surface area contributed by atoms with Crippen LogP contribution in [0.3, 0.4) is 0 Å². The predicted octanol–water partition coefficient (Wildman–Crippen LogP) is 4.59. The van der Waals surface area contributed by atoms with Crippen molar-refractivity contribution in [1.82, 2.24) is 0 Å². The number of nitrogens with zero attached hydrogens (tertiary/aromatic N) is 2. The first-order chi connectivity index (χ1) is 10.3. The molecule has 0 spiro atoms. The Bertz CT molecular complexity index is 563. The molecule has 2 aromatic rings. The highest BCUT2D eigenvalue weighted by Crippen LogP contribution is 2.23. The lowest BCUT2D eigenvalue weighted by Gasteiger charge is -2.28. The summed E-state index contributed by atoms with van der Waals surface area (Å²) in [7, 11) is 0. The molecule has 3 heteroatoms. The number of rotatable bonds is 7. The summed E-state index contributed by atoms with van der Waals surface area (Å²) in [6.45, 7) is 1.66. The number of nitriles is 1. The zero-order chi connectivity index (χ0) is 14.9. The Morgan fingerprint density at radius 3 is 2.19 bits per heavy atom. The molecule has 0 saturated carbocycles. The minimum Gasteiger partial charge on any atom is -0.370 e. The van der Waals surface area contributed by atoms with Gasteiger partial charge in [0.1, 0.15) is 0 Å². The summed E-state index contributed by atoms with van der Waals surface area (Å²) in [6.07, 6.45) is 0.540. The Kier molecular flexibility index (Phi) is 6.30. The van der Waals surface area contributed by atoms with Gasteiger partial charge in [-0.2, -0.15) is 5.26 Å². The first-order valence-corrected chi connectivity index (χ1v) is 8.25. The highest BCUT2D eigenvalue weighted by Gasteiger charge is 2.15. The van der Waals surface area contributed by atoms with Crippen molar-refractivity contribution < 1.29 is 0 Å². The van der Waals surface area contributed by atoms with Crippen LogP contribution in [0.25, 0.3) is 0 Å². The highest BCUT2D eigenvalue weighted by atomic mass is 79.9. The molecule has 0 heterocycles. The fraction of sp³-hybridized carbons (Fsp3) is 0.278. The number of hydrogen-bond donors (Lipinski definition) is 0. The summed E-state index contributed by atoms with van der Waals surface area (Å²) >= 11 is 3.63. The van der Waals surface area contributed by atoms with E-state index < -0.39 is 0 Å². The molecule has 1 atom stereocenters. The minimum absolute atomic E-state index is 0.407. The molecule has 0 N–H and O–H groups in total. The third-order valence-electron chi connectivity index (χ3n) is 3.51. The maximum atomic E-state index is 8.88. The number of alkyl halides is 1. The van der Waals surface area contributed by atoms with Crippen LogP contribution in [0.15, 0.2) is 60.7 Å². The topological polar surface area (TPSA) is 27.0 Å². The molecule has 0 bridgehead atoms. The van der Waals surface area contributed by atoms with Crippen LogP contribution in [0, 0.1) is 11.3 Å². The largest absolute Gasteiger partial charge is 0.370 e. The molecular formula is C18H19BrN2. The second-order valence-electron chi connectivity index (χ2n) is 4.95. The van der Waals surface area contributed by atoms with E-state index in [1.807, 2.05) is 24.3 Å². The summed E-state index contributed by atoms with van der Waals surface area (Å²) in [5.41, 5.74) is 2.50. The van der Waals surface area contributed by atoms with Crippen LogP contribution in [0.2, 0.25) is 0 Å².